The molecule has 9 heteroatoms. The predicted molar refractivity (Wildman–Crippen MR) is 78.8 cm³/mol. The number of nitrogens with zero attached hydrogens (tertiary/aromatic N) is 3. The molecule has 0 amide bonds. The number of nitrogens with one attached hydrogen (secondary N) is 2. The molecule has 0 radical (unpaired) electrons. The second-order valence-corrected chi connectivity index (χ2v) is 4.86. The van der Waals surface area contributed by atoms with Crippen LogP contribution in [0.4, 0.5) is 24.9 Å². The van der Waals surface area contributed by atoms with Crippen LogP contribution in [0.1, 0.15) is 18.3 Å². The molecule has 0 saturated carbocycles. The van der Waals surface area contributed by atoms with Crippen molar-refractivity contribution < 1.29 is 18.3 Å². The zero-order chi connectivity index (χ0) is 16.9. The Bertz CT molecular complexity index is 636. The second-order valence-electron chi connectivity index (χ2n) is 4.86. The first-order valence-electron chi connectivity index (χ1n) is 6.86. The van der Waals surface area contributed by atoms with E-state index in [4.69, 9.17) is 5.11 Å². The lowest BCUT2D eigenvalue weighted by Crippen LogP contribution is -2.22. The lowest BCUT2D eigenvalue weighted by Gasteiger charge is -2.15. The lowest BCUT2D eigenvalue weighted by atomic mass is 10.3. The molecular formula is C14H16F3N5O. The molecule has 124 valence electrons. The van der Waals surface area contributed by atoms with Crippen molar-refractivity contribution in [2.45, 2.75) is 25.7 Å². The summed E-state index contributed by atoms with van der Waals surface area (Å²) in [6.45, 7) is 1.57. The van der Waals surface area contributed by atoms with Gasteiger partial charge in [-0.2, -0.15) is 18.2 Å². The Labute approximate surface area is 130 Å². The van der Waals surface area contributed by atoms with Crippen molar-refractivity contribution in [2.24, 2.45) is 0 Å². The zero-order valence-corrected chi connectivity index (χ0v) is 12.3. The molecular weight excluding hydrogens is 311 g/mol. The fourth-order valence-electron chi connectivity index (χ4n) is 1.70. The Balaban J connectivity index is 2.21. The molecule has 2 aromatic heterocycles. The highest BCUT2D eigenvalue weighted by atomic mass is 19.4. The summed E-state index contributed by atoms with van der Waals surface area (Å²) in [6.07, 6.45) is -3.00. The van der Waals surface area contributed by atoms with Gasteiger partial charge < -0.3 is 15.7 Å². The molecule has 1 atom stereocenters. The van der Waals surface area contributed by atoms with Crippen LogP contribution >= 0.6 is 0 Å². The van der Waals surface area contributed by atoms with Gasteiger partial charge in [0.25, 0.3) is 0 Å². The SMILES string of the molecule is C[C@@H](CO)Nc1nc(NCc2ccccn2)cc(C(F)(F)F)n1. The summed E-state index contributed by atoms with van der Waals surface area (Å²) in [6, 6.07) is 5.63. The molecule has 0 spiro atoms. The summed E-state index contributed by atoms with van der Waals surface area (Å²) in [5, 5.41) is 14.4. The zero-order valence-electron chi connectivity index (χ0n) is 12.3. The minimum atomic E-state index is -4.59. The summed E-state index contributed by atoms with van der Waals surface area (Å²) in [5.74, 6) is -0.185. The molecule has 0 bridgehead atoms. The quantitative estimate of drug-likeness (QED) is 0.755. The minimum absolute atomic E-state index is 0.0191. The van der Waals surface area contributed by atoms with E-state index in [-0.39, 0.29) is 24.9 Å². The van der Waals surface area contributed by atoms with Gasteiger partial charge in [0.2, 0.25) is 5.95 Å². The summed E-state index contributed by atoms with van der Waals surface area (Å²) >= 11 is 0. The Morgan fingerprint density at radius 3 is 2.65 bits per heavy atom. The molecule has 2 heterocycles. The molecule has 0 aromatic carbocycles. The first-order valence-corrected chi connectivity index (χ1v) is 6.86. The Hall–Kier alpha value is -2.42. The third-order valence-electron chi connectivity index (χ3n) is 2.84. The van der Waals surface area contributed by atoms with Crippen molar-refractivity contribution in [1.29, 1.82) is 0 Å². The fourth-order valence-corrected chi connectivity index (χ4v) is 1.70. The summed E-state index contributed by atoms with van der Waals surface area (Å²) in [5.41, 5.74) is -0.401. The maximum atomic E-state index is 12.9. The topological polar surface area (TPSA) is 83.0 Å². The summed E-state index contributed by atoms with van der Waals surface area (Å²) in [4.78, 5) is 11.5. The fraction of sp³-hybridized carbons (Fsp3) is 0.357. The van der Waals surface area contributed by atoms with E-state index in [1.54, 1.807) is 31.3 Å². The molecule has 0 aliphatic carbocycles. The molecule has 23 heavy (non-hydrogen) atoms. The van der Waals surface area contributed by atoms with Crippen LogP contribution in [-0.2, 0) is 12.7 Å². The van der Waals surface area contributed by atoms with Gasteiger partial charge in [-0.15, -0.1) is 0 Å². The monoisotopic (exact) mass is 327 g/mol. The van der Waals surface area contributed by atoms with Crippen molar-refractivity contribution in [3.8, 4) is 0 Å². The van der Waals surface area contributed by atoms with Gasteiger partial charge in [-0.3, -0.25) is 4.98 Å². The van der Waals surface area contributed by atoms with Crippen molar-refractivity contribution in [1.82, 2.24) is 15.0 Å². The smallest absolute Gasteiger partial charge is 0.394 e. The van der Waals surface area contributed by atoms with E-state index in [0.29, 0.717) is 5.69 Å². The number of aliphatic hydroxyl groups excluding tert-OH is 1. The third kappa shape index (κ3) is 5.06. The largest absolute Gasteiger partial charge is 0.433 e. The van der Waals surface area contributed by atoms with Crippen LogP contribution in [-0.4, -0.2) is 32.7 Å². The van der Waals surface area contributed by atoms with Crippen molar-refractivity contribution >= 4 is 11.8 Å². The average molecular weight is 327 g/mol. The van der Waals surface area contributed by atoms with Crippen molar-refractivity contribution in [2.75, 3.05) is 17.2 Å². The number of hydrogen-bond acceptors (Lipinski definition) is 6. The van der Waals surface area contributed by atoms with Gasteiger partial charge >= 0.3 is 6.18 Å². The lowest BCUT2D eigenvalue weighted by molar-refractivity contribution is -0.141. The number of hydrogen-bond donors (Lipinski definition) is 3. The highest BCUT2D eigenvalue weighted by Crippen LogP contribution is 2.29. The van der Waals surface area contributed by atoms with Gasteiger partial charge in [0.05, 0.1) is 18.8 Å². The van der Waals surface area contributed by atoms with E-state index in [0.717, 1.165) is 6.07 Å². The van der Waals surface area contributed by atoms with Gasteiger partial charge in [-0.05, 0) is 19.1 Å². The average Bonchev–Trinajstić information content (AvgIpc) is 2.53. The van der Waals surface area contributed by atoms with E-state index in [1.807, 2.05) is 0 Å². The molecule has 2 rings (SSSR count). The van der Waals surface area contributed by atoms with Gasteiger partial charge in [0.15, 0.2) is 5.69 Å². The molecule has 3 N–H and O–H groups in total. The Morgan fingerprint density at radius 1 is 1.26 bits per heavy atom. The van der Waals surface area contributed by atoms with Gasteiger partial charge in [0.1, 0.15) is 5.82 Å². The van der Waals surface area contributed by atoms with Crippen LogP contribution in [0.3, 0.4) is 0 Å². The van der Waals surface area contributed by atoms with E-state index in [1.165, 1.54) is 0 Å². The number of pyridine rings is 1. The molecule has 6 nitrogen and oxygen atoms in total. The molecule has 2 aromatic rings. The van der Waals surface area contributed by atoms with E-state index >= 15 is 0 Å². The summed E-state index contributed by atoms with van der Waals surface area (Å²) in [7, 11) is 0. The highest BCUT2D eigenvalue weighted by molar-refractivity contribution is 5.43. The molecule has 0 saturated heterocycles. The predicted octanol–water partition coefficient (Wildman–Crippen LogP) is 2.30. The van der Waals surface area contributed by atoms with E-state index < -0.39 is 17.9 Å². The van der Waals surface area contributed by atoms with Crippen LogP contribution in [0, 0.1) is 0 Å². The third-order valence-corrected chi connectivity index (χ3v) is 2.84. The van der Waals surface area contributed by atoms with Crippen LogP contribution < -0.4 is 10.6 Å². The van der Waals surface area contributed by atoms with E-state index in [2.05, 4.69) is 25.6 Å². The number of rotatable bonds is 6. The number of halogens is 3. The van der Waals surface area contributed by atoms with Crippen molar-refractivity contribution in [3.63, 3.8) is 0 Å². The van der Waals surface area contributed by atoms with Crippen LogP contribution in [0.2, 0.25) is 0 Å². The number of aromatic nitrogens is 3. The van der Waals surface area contributed by atoms with Gasteiger partial charge in [-0.1, -0.05) is 6.07 Å². The van der Waals surface area contributed by atoms with Gasteiger partial charge in [-0.25, -0.2) is 4.98 Å². The Morgan fingerprint density at radius 2 is 2.04 bits per heavy atom. The van der Waals surface area contributed by atoms with Crippen LogP contribution in [0.15, 0.2) is 30.5 Å². The standard InChI is InChI=1S/C14H16F3N5O/c1-9(8-23)20-13-21-11(14(15,16)17)6-12(22-13)19-7-10-4-2-3-5-18-10/h2-6,9,23H,7-8H2,1H3,(H2,19,20,21,22)/t9-/m0/s1. The first-order chi connectivity index (χ1) is 10.9. The highest BCUT2D eigenvalue weighted by Gasteiger charge is 2.33. The minimum Gasteiger partial charge on any atom is -0.394 e. The number of anilines is 2. The molecule has 0 aliphatic heterocycles. The van der Waals surface area contributed by atoms with Gasteiger partial charge in [0, 0.05) is 18.3 Å². The molecule has 0 unspecified atom stereocenters. The van der Waals surface area contributed by atoms with Crippen molar-refractivity contribution in [3.05, 3.63) is 41.9 Å². The first kappa shape index (κ1) is 16.9. The second kappa shape index (κ2) is 7.23. The maximum absolute atomic E-state index is 12.9. The number of aliphatic hydroxyl groups is 1. The maximum Gasteiger partial charge on any atom is 0.433 e. The van der Waals surface area contributed by atoms with Crippen LogP contribution in [0.25, 0.3) is 0 Å². The molecule has 0 fully saturated rings. The number of alkyl halides is 3. The molecule has 0 aliphatic rings. The summed E-state index contributed by atoms with van der Waals surface area (Å²) < 4.78 is 38.8. The normalized spacial score (nSPS) is 12.7. The van der Waals surface area contributed by atoms with E-state index in [9.17, 15) is 13.2 Å². The Kier molecular flexibility index (Phi) is 5.32. The van der Waals surface area contributed by atoms with Crippen LogP contribution in [0.5, 0.6) is 0 Å².